The molecule has 0 unspecified atom stereocenters. The normalized spacial score (nSPS) is 11.3. The molecule has 1 aromatic carbocycles. The molecule has 150 valence electrons. The number of thiocarbonyl (C=S) groups is 1. The number of imidazole rings is 1. The van der Waals surface area contributed by atoms with Gasteiger partial charge in [-0.1, -0.05) is 36.5 Å². The molecule has 7 nitrogen and oxygen atoms in total. The summed E-state index contributed by atoms with van der Waals surface area (Å²) in [7, 11) is 0. The fourth-order valence-corrected chi connectivity index (χ4v) is 2.84. The van der Waals surface area contributed by atoms with Crippen molar-refractivity contribution in [3.05, 3.63) is 59.9 Å². The van der Waals surface area contributed by atoms with E-state index >= 15 is 0 Å². The largest absolute Gasteiger partial charge is 0.459 e. The van der Waals surface area contributed by atoms with Gasteiger partial charge in [0.2, 0.25) is 0 Å². The average Bonchev–Trinajstić information content (AvgIpc) is 3.08. The highest BCUT2D eigenvalue weighted by molar-refractivity contribution is 7.80. The molecule has 0 bridgehead atoms. The Labute approximate surface area is 173 Å². The van der Waals surface area contributed by atoms with Gasteiger partial charge in [-0.05, 0) is 32.9 Å². The first-order valence-corrected chi connectivity index (χ1v) is 9.42. The fourth-order valence-electron chi connectivity index (χ4n) is 2.70. The number of esters is 1. The Kier molecular flexibility index (Phi) is 5.65. The van der Waals surface area contributed by atoms with Crippen molar-refractivity contribution in [2.75, 3.05) is 6.54 Å². The minimum atomic E-state index is -0.597. The van der Waals surface area contributed by atoms with E-state index in [-0.39, 0.29) is 12.5 Å². The second kappa shape index (κ2) is 8.00. The molecule has 0 fully saturated rings. The van der Waals surface area contributed by atoms with Crippen molar-refractivity contribution in [3.8, 4) is 11.3 Å². The Morgan fingerprint density at radius 3 is 2.48 bits per heavy atom. The van der Waals surface area contributed by atoms with Gasteiger partial charge >= 0.3 is 5.97 Å². The van der Waals surface area contributed by atoms with E-state index in [1.54, 1.807) is 39.1 Å². The number of nitrogens with one attached hydrogen (secondary N) is 1. The lowest BCUT2D eigenvalue weighted by molar-refractivity contribution is -0.153. The molecule has 0 aliphatic heterocycles. The van der Waals surface area contributed by atoms with Crippen LogP contribution in [0.5, 0.6) is 0 Å². The van der Waals surface area contributed by atoms with Gasteiger partial charge in [-0.15, -0.1) is 0 Å². The van der Waals surface area contributed by atoms with Crippen LogP contribution in [0, 0.1) is 0 Å². The van der Waals surface area contributed by atoms with Crippen molar-refractivity contribution >= 4 is 34.7 Å². The van der Waals surface area contributed by atoms with Crippen LogP contribution < -0.4 is 11.1 Å². The summed E-state index contributed by atoms with van der Waals surface area (Å²) in [5, 5.41) is 2.57. The van der Waals surface area contributed by atoms with Crippen molar-refractivity contribution in [2.24, 2.45) is 5.73 Å². The van der Waals surface area contributed by atoms with Crippen molar-refractivity contribution in [3.63, 3.8) is 0 Å². The number of carbonyl (C=O) groups is 2. The van der Waals surface area contributed by atoms with Gasteiger partial charge in [-0.3, -0.25) is 9.59 Å². The lowest BCUT2D eigenvalue weighted by Gasteiger charge is -2.19. The van der Waals surface area contributed by atoms with E-state index in [2.05, 4.69) is 10.3 Å². The Balaban J connectivity index is 1.74. The monoisotopic (exact) mass is 410 g/mol. The standard InChI is InChI=1S/C21H22N4O3S/c1-21(2,3)28-18(26)11-23-20(27)15-8-9-25-12-16(24-17(25)10-15)13-4-6-14(7-5-13)19(22)29/h4-10,12H,11H2,1-3H3,(H2,22,29)(H,23,27). The van der Waals surface area contributed by atoms with Gasteiger partial charge in [0.1, 0.15) is 22.8 Å². The predicted molar refractivity (Wildman–Crippen MR) is 115 cm³/mol. The lowest BCUT2D eigenvalue weighted by Crippen LogP contribution is -2.34. The molecule has 3 N–H and O–H groups in total. The van der Waals surface area contributed by atoms with Crippen LogP contribution in [0.1, 0.15) is 36.7 Å². The molecule has 0 aliphatic carbocycles. The smallest absolute Gasteiger partial charge is 0.325 e. The molecule has 0 aliphatic rings. The molecule has 8 heteroatoms. The third kappa shape index (κ3) is 5.17. The Bertz CT molecular complexity index is 1080. The third-order valence-corrected chi connectivity index (χ3v) is 4.24. The first-order valence-electron chi connectivity index (χ1n) is 9.01. The molecule has 0 atom stereocenters. The zero-order chi connectivity index (χ0) is 21.2. The number of ether oxygens (including phenoxy) is 1. The summed E-state index contributed by atoms with van der Waals surface area (Å²) in [4.78, 5) is 29.0. The van der Waals surface area contributed by atoms with E-state index in [1.165, 1.54) is 0 Å². The van der Waals surface area contributed by atoms with Crippen LogP contribution in [0.3, 0.4) is 0 Å². The number of hydrogen-bond acceptors (Lipinski definition) is 5. The first-order chi connectivity index (χ1) is 13.6. The minimum absolute atomic E-state index is 0.198. The van der Waals surface area contributed by atoms with Gasteiger partial charge < -0.3 is 20.2 Å². The van der Waals surface area contributed by atoms with Gasteiger partial charge in [-0.2, -0.15) is 0 Å². The van der Waals surface area contributed by atoms with Crippen molar-refractivity contribution < 1.29 is 14.3 Å². The van der Waals surface area contributed by atoms with Crippen molar-refractivity contribution in [1.82, 2.24) is 14.7 Å². The fraction of sp³-hybridized carbons (Fsp3) is 0.238. The number of pyridine rings is 1. The number of benzene rings is 1. The van der Waals surface area contributed by atoms with E-state index < -0.39 is 11.6 Å². The van der Waals surface area contributed by atoms with Crippen LogP contribution in [-0.2, 0) is 9.53 Å². The predicted octanol–water partition coefficient (Wildman–Crippen LogP) is 2.71. The van der Waals surface area contributed by atoms with Crippen molar-refractivity contribution in [2.45, 2.75) is 26.4 Å². The molecule has 3 rings (SSSR count). The third-order valence-electron chi connectivity index (χ3n) is 4.00. The number of fused-ring (bicyclic) bond motifs is 1. The Hall–Kier alpha value is -3.26. The topological polar surface area (TPSA) is 98.7 Å². The van der Waals surface area contributed by atoms with Gasteiger partial charge in [0, 0.05) is 29.1 Å². The zero-order valence-electron chi connectivity index (χ0n) is 16.4. The number of nitrogens with zero attached hydrogens (tertiary/aromatic N) is 2. The number of aromatic nitrogens is 2. The van der Waals surface area contributed by atoms with Gasteiger partial charge in [0.15, 0.2) is 0 Å². The summed E-state index contributed by atoms with van der Waals surface area (Å²) < 4.78 is 7.00. The van der Waals surface area contributed by atoms with Gasteiger partial charge in [-0.25, -0.2) is 4.98 Å². The van der Waals surface area contributed by atoms with Crippen LogP contribution >= 0.6 is 12.2 Å². The van der Waals surface area contributed by atoms with E-state index in [1.807, 2.05) is 34.9 Å². The molecule has 0 saturated carbocycles. The Morgan fingerprint density at radius 2 is 1.86 bits per heavy atom. The quantitative estimate of drug-likeness (QED) is 0.496. The zero-order valence-corrected chi connectivity index (χ0v) is 17.2. The molecule has 3 aromatic rings. The molecule has 1 amide bonds. The molecule has 2 aromatic heterocycles. The maximum atomic E-state index is 12.4. The maximum absolute atomic E-state index is 12.4. The summed E-state index contributed by atoms with van der Waals surface area (Å²) in [5.74, 6) is -0.862. The summed E-state index contributed by atoms with van der Waals surface area (Å²) in [6.45, 7) is 5.12. The highest BCUT2D eigenvalue weighted by Gasteiger charge is 2.17. The number of rotatable bonds is 5. The van der Waals surface area contributed by atoms with Crippen LogP contribution in [-0.4, -0.2) is 38.4 Å². The van der Waals surface area contributed by atoms with E-state index in [0.717, 1.165) is 16.8 Å². The Morgan fingerprint density at radius 1 is 1.17 bits per heavy atom. The molecule has 0 saturated heterocycles. The van der Waals surface area contributed by atoms with Gasteiger partial charge in [0.05, 0.1) is 5.69 Å². The van der Waals surface area contributed by atoms with Crippen LogP contribution in [0.25, 0.3) is 16.9 Å². The summed E-state index contributed by atoms with van der Waals surface area (Å²) in [6, 6.07) is 10.8. The second-order valence-electron chi connectivity index (χ2n) is 7.52. The van der Waals surface area contributed by atoms with Crippen LogP contribution in [0.4, 0.5) is 0 Å². The van der Waals surface area contributed by atoms with Crippen LogP contribution in [0.2, 0.25) is 0 Å². The first kappa shape index (κ1) is 20.5. The molecule has 0 spiro atoms. The molecule has 29 heavy (non-hydrogen) atoms. The maximum Gasteiger partial charge on any atom is 0.325 e. The van der Waals surface area contributed by atoms with E-state index in [0.29, 0.717) is 16.2 Å². The summed E-state index contributed by atoms with van der Waals surface area (Å²) >= 11 is 4.97. The SMILES string of the molecule is CC(C)(C)OC(=O)CNC(=O)c1ccn2cc(-c3ccc(C(N)=S)cc3)nc2c1. The lowest BCUT2D eigenvalue weighted by atomic mass is 10.1. The number of hydrogen-bond donors (Lipinski definition) is 2. The van der Waals surface area contributed by atoms with Crippen LogP contribution in [0.15, 0.2) is 48.8 Å². The average molecular weight is 410 g/mol. The van der Waals surface area contributed by atoms with Crippen molar-refractivity contribution in [1.29, 1.82) is 0 Å². The molecule has 0 radical (unpaired) electrons. The molecule has 2 heterocycles. The second-order valence-corrected chi connectivity index (χ2v) is 7.96. The van der Waals surface area contributed by atoms with E-state index in [9.17, 15) is 9.59 Å². The number of amides is 1. The summed E-state index contributed by atoms with van der Waals surface area (Å²) in [5.41, 5.74) is 8.50. The van der Waals surface area contributed by atoms with E-state index in [4.69, 9.17) is 22.7 Å². The highest BCUT2D eigenvalue weighted by atomic mass is 32.1. The van der Waals surface area contributed by atoms with Gasteiger partial charge in [0.25, 0.3) is 5.91 Å². The number of nitrogens with two attached hydrogens (primary N) is 1. The molecular weight excluding hydrogens is 388 g/mol. The minimum Gasteiger partial charge on any atom is -0.459 e. The number of carbonyl (C=O) groups excluding carboxylic acids is 2. The summed E-state index contributed by atoms with van der Waals surface area (Å²) in [6.07, 6.45) is 3.62. The molecular formula is C21H22N4O3S. The highest BCUT2D eigenvalue weighted by Crippen LogP contribution is 2.20.